The zero-order valence-electron chi connectivity index (χ0n) is 13.0. The van der Waals surface area contributed by atoms with Crippen molar-refractivity contribution in [3.05, 3.63) is 36.2 Å². The minimum Gasteiger partial charge on any atom is -0.419 e. The van der Waals surface area contributed by atoms with Crippen molar-refractivity contribution in [1.82, 2.24) is 19.8 Å². The lowest BCUT2D eigenvalue weighted by molar-refractivity contribution is 0.184. The van der Waals surface area contributed by atoms with E-state index in [2.05, 4.69) is 19.8 Å². The Bertz CT molecular complexity index is 737. The fraction of sp³-hybridized carbons (Fsp3) is 0.467. The summed E-state index contributed by atoms with van der Waals surface area (Å²) >= 11 is 0. The molecule has 0 spiro atoms. The van der Waals surface area contributed by atoms with Gasteiger partial charge in [0.1, 0.15) is 0 Å². The Morgan fingerprint density at radius 2 is 1.91 bits per heavy atom. The van der Waals surface area contributed by atoms with Gasteiger partial charge in [-0.15, -0.1) is 10.2 Å². The van der Waals surface area contributed by atoms with Crippen LogP contribution in [0.1, 0.15) is 18.7 Å². The first-order valence-electron chi connectivity index (χ1n) is 7.57. The molecule has 2 heterocycles. The van der Waals surface area contributed by atoms with E-state index in [9.17, 15) is 8.42 Å². The third-order valence-corrected chi connectivity index (χ3v) is 4.58. The maximum atomic E-state index is 11.3. The molecule has 0 bridgehead atoms. The lowest BCUT2D eigenvalue weighted by Crippen LogP contribution is -2.43. The third kappa shape index (κ3) is 4.60. The third-order valence-electron chi connectivity index (χ3n) is 3.81. The molecule has 1 fully saturated rings. The number of nitrogens with one attached hydrogen (secondary N) is 1. The van der Waals surface area contributed by atoms with Gasteiger partial charge >= 0.3 is 0 Å². The minimum atomic E-state index is -3.14. The van der Waals surface area contributed by atoms with Gasteiger partial charge in [-0.05, 0) is 25.0 Å². The highest BCUT2D eigenvalue weighted by atomic mass is 32.2. The van der Waals surface area contributed by atoms with Gasteiger partial charge in [-0.1, -0.05) is 18.2 Å². The van der Waals surface area contributed by atoms with Crippen LogP contribution in [-0.2, 0) is 16.6 Å². The standard InChI is InChI=1S/C15H20N4O3S/c1-23(20,21)18-13-7-9-19(10-8-13)11-14-16-17-15(22-14)12-5-3-2-4-6-12/h2-6,13,18H,7-11H2,1H3. The second-order valence-corrected chi connectivity index (χ2v) is 7.59. The number of piperidine rings is 1. The molecule has 7 nitrogen and oxygen atoms in total. The van der Waals surface area contributed by atoms with Crippen LogP contribution in [0, 0.1) is 0 Å². The summed E-state index contributed by atoms with van der Waals surface area (Å²) < 4.78 is 30.9. The molecular weight excluding hydrogens is 316 g/mol. The molecule has 0 unspecified atom stereocenters. The summed E-state index contributed by atoms with van der Waals surface area (Å²) in [4.78, 5) is 2.20. The molecule has 23 heavy (non-hydrogen) atoms. The average Bonchev–Trinajstić information content (AvgIpc) is 2.97. The number of benzene rings is 1. The van der Waals surface area contributed by atoms with Gasteiger partial charge < -0.3 is 4.42 Å². The predicted octanol–water partition coefficient (Wildman–Crippen LogP) is 1.25. The first-order chi connectivity index (χ1) is 11.0. The predicted molar refractivity (Wildman–Crippen MR) is 86.0 cm³/mol. The van der Waals surface area contributed by atoms with Gasteiger partial charge in [-0.3, -0.25) is 4.90 Å². The number of hydrogen-bond donors (Lipinski definition) is 1. The largest absolute Gasteiger partial charge is 0.419 e. The lowest BCUT2D eigenvalue weighted by atomic mass is 10.1. The number of likely N-dealkylation sites (tertiary alicyclic amines) is 1. The molecule has 124 valence electrons. The highest BCUT2D eigenvalue weighted by molar-refractivity contribution is 7.88. The minimum absolute atomic E-state index is 0.0174. The van der Waals surface area contributed by atoms with E-state index in [0.717, 1.165) is 31.5 Å². The second kappa shape index (κ2) is 6.77. The van der Waals surface area contributed by atoms with Crippen molar-refractivity contribution in [3.8, 4) is 11.5 Å². The Hall–Kier alpha value is -1.77. The second-order valence-electron chi connectivity index (χ2n) is 5.81. The van der Waals surface area contributed by atoms with Crippen LogP contribution in [0.4, 0.5) is 0 Å². The van der Waals surface area contributed by atoms with E-state index in [1.54, 1.807) is 0 Å². The van der Waals surface area contributed by atoms with Gasteiger partial charge in [0.25, 0.3) is 0 Å². The van der Waals surface area contributed by atoms with E-state index in [4.69, 9.17) is 4.42 Å². The van der Waals surface area contributed by atoms with E-state index in [-0.39, 0.29) is 6.04 Å². The van der Waals surface area contributed by atoms with Gasteiger partial charge in [0.15, 0.2) is 0 Å². The molecule has 2 aromatic rings. The van der Waals surface area contributed by atoms with Crippen molar-refractivity contribution < 1.29 is 12.8 Å². The SMILES string of the molecule is CS(=O)(=O)NC1CCN(Cc2nnc(-c3ccccc3)o2)CC1. The van der Waals surface area contributed by atoms with E-state index in [1.165, 1.54) is 6.26 Å². The Kier molecular flexibility index (Phi) is 4.74. The highest BCUT2D eigenvalue weighted by Gasteiger charge is 2.23. The molecule has 0 aliphatic carbocycles. The number of aromatic nitrogens is 2. The smallest absolute Gasteiger partial charge is 0.247 e. The fourth-order valence-corrected chi connectivity index (χ4v) is 3.56. The summed E-state index contributed by atoms with van der Waals surface area (Å²) in [6, 6.07) is 9.68. The fourth-order valence-electron chi connectivity index (χ4n) is 2.72. The maximum absolute atomic E-state index is 11.3. The summed E-state index contributed by atoms with van der Waals surface area (Å²) in [6.45, 7) is 2.19. The summed E-state index contributed by atoms with van der Waals surface area (Å²) in [5.74, 6) is 1.10. The van der Waals surface area contributed by atoms with Gasteiger partial charge in [-0.2, -0.15) is 0 Å². The monoisotopic (exact) mass is 336 g/mol. The van der Waals surface area contributed by atoms with Crippen molar-refractivity contribution in [3.63, 3.8) is 0 Å². The van der Waals surface area contributed by atoms with Gasteiger partial charge in [0.05, 0.1) is 12.8 Å². The van der Waals surface area contributed by atoms with Crippen molar-refractivity contribution in [1.29, 1.82) is 0 Å². The first-order valence-corrected chi connectivity index (χ1v) is 9.46. The number of sulfonamides is 1. The van der Waals surface area contributed by atoms with Gasteiger partial charge in [0, 0.05) is 24.7 Å². The Balaban J connectivity index is 1.54. The normalized spacial score (nSPS) is 17.4. The summed E-state index contributed by atoms with van der Waals surface area (Å²) in [6.07, 6.45) is 2.77. The number of rotatable bonds is 5. The molecule has 3 rings (SSSR count). The van der Waals surface area contributed by atoms with Crippen molar-refractivity contribution in [2.75, 3.05) is 19.3 Å². The highest BCUT2D eigenvalue weighted by Crippen LogP contribution is 2.19. The first kappa shape index (κ1) is 16.1. The van der Waals surface area contributed by atoms with Crippen LogP contribution in [0.25, 0.3) is 11.5 Å². The molecular formula is C15H20N4O3S. The Labute approximate surface area is 135 Å². The Morgan fingerprint density at radius 1 is 1.22 bits per heavy atom. The molecule has 1 N–H and O–H groups in total. The lowest BCUT2D eigenvalue weighted by Gasteiger charge is -2.30. The van der Waals surface area contributed by atoms with Crippen LogP contribution in [-0.4, -0.2) is 48.9 Å². The van der Waals surface area contributed by atoms with Crippen LogP contribution < -0.4 is 4.72 Å². The molecule has 1 aromatic carbocycles. The molecule has 8 heteroatoms. The summed E-state index contributed by atoms with van der Waals surface area (Å²) in [7, 11) is -3.14. The van der Waals surface area contributed by atoms with Gasteiger partial charge in [0.2, 0.25) is 21.8 Å². The maximum Gasteiger partial charge on any atom is 0.247 e. The molecule has 0 saturated carbocycles. The molecule has 0 amide bonds. The van der Waals surface area contributed by atoms with Crippen LogP contribution in [0.2, 0.25) is 0 Å². The van der Waals surface area contributed by atoms with E-state index < -0.39 is 10.0 Å². The molecule has 0 radical (unpaired) electrons. The van der Waals surface area contributed by atoms with Crippen LogP contribution in [0.15, 0.2) is 34.7 Å². The molecule has 1 saturated heterocycles. The van der Waals surface area contributed by atoms with Gasteiger partial charge in [-0.25, -0.2) is 13.1 Å². The van der Waals surface area contributed by atoms with Crippen LogP contribution in [0.3, 0.4) is 0 Å². The van der Waals surface area contributed by atoms with E-state index in [1.807, 2.05) is 30.3 Å². The van der Waals surface area contributed by atoms with Crippen molar-refractivity contribution in [2.24, 2.45) is 0 Å². The Morgan fingerprint density at radius 3 is 2.57 bits per heavy atom. The van der Waals surface area contributed by atoms with Crippen LogP contribution in [0.5, 0.6) is 0 Å². The van der Waals surface area contributed by atoms with Crippen molar-refractivity contribution in [2.45, 2.75) is 25.4 Å². The molecule has 1 aliphatic heterocycles. The zero-order valence-corrected chi connectivity index (χ0v) is 13.8. The number of nitrogens with zero attached hydrogens (tertiary/aromatic N) is 3. The van der Waals surface area contributed by atoms with Crippen molar-refractivity contribution >= 4 is 10.0 Å². The van der Waals surface area contributed by atoms with E-state index in [0.29, 0.717) is 18.3 Å². The van der Waals surface area contributed by atoms with Crippen LogP contribution >= 0.6 is 0 Å². The zero-order chi connectivity index (χ0) is 16.3. The molecule has 0 atom stereocenters. The molecule has 1 aromatic heterocycles. The topological polar surface area (TPSA) is 88.3 Å². The van der Waals surface area contributed by atoms with E-state index >= 15 is 0 Å². The summed E-state index contributed by atoms with van der Waals surface area (Å²) in [5.41, 5.74) is 0.905. The average molecular weight is 336 g/mol. The quantitative estimate of drug-likeness (QED) is 0.884. The number of hydrogen-bond acceptors (Lipinski definition) is 6. The molecule has 1 aliphatic rings. The summed E-state index contributed by atoms with van der Waals surface area (Å²) in [5, 5.41) is 8.18.